The number of allylic oxidation sites excluding steroid dienone is 1. The van der Waals surface area contributed by atoms with Crippen LogP contribution in [-0.4, -0.2) is 21.7 Å². The molecule has 1 aliphatic rings. The lowest BCUT2D eigenvalue weighted by Crippen LogP contribution is -2.39. The molecular weight excluding hydrogens is 603 g/mol. The minimum Gasteiger partial charge on any atom is -0.463 e. The van der Waals surface area contributed by atoms with Gasteiger partial charge >= 0.3 is 5.97 Å². The molecule has 7 rings (SSSR count). The first-order valence-electron chi connectivity index (χ1n) is 15.6. The van der Waals surface area contributed by atoms with E-state index in [1.54, 1.807) is 18.4 Å². The fourth-order valence-electron chi connectivity index (χ4n) is 6.20. The summed E-state index contributed by atoms with van der Waals surface area (Å²) in [6, 6.07) is 40.1. The first kappa shape index (κ1) is 30.1. The van der Waals surface area contributed by atoms with Crippen molar-refractivity contribution in [1.29, 1.82) is 0 Å². The maximum Gasteiger partial charge on any atom is 0.338 e. The fourth-order valence-corrected chi connectivity index (χ4v) is 7.24. The van der Waals surface area contributed by atoms with Crippen molar-refractivity contribution < 1.29 is 9.53 Å². The predicted octanol–water partition coefficient (Wildman–Crippen LogP) is 7.23. The Balaban J connectivity index is 1.51. The zero-order chi connectivity index (χ0) is 32.5. The maximum absolute atomic E-state index is 14.5. The Morgan fingerprint density at radius 2 is 1.47 bits per heavy atom. The molecule has 0 saturated carbocycles. The molecule has 232 valence electrons. The van der Waals surface area contributed by atoms with Crippen molar-refractivity contribution in [3.63, 3.8) is 0 Å². The molecule has 2 aromatic heterocycles. The number of nitrogens with zero attached hydrogens (tertiary/aromatic N) is 3. The van der Waals surface area contributed by atoms with Crippen LogP contribution < -0.4 is 14.9 Å². The van der Waals surface area contributed by atoms with Gasteiger partial charge in [0, 0.05) is 11.3 Å². The Bertz CT molecular complexity index is 2300. The van der Waals surface area contributed by atoms with Crippen LogP contribution in [0.4, 0.5) is 0 Å². The molecule has 6 nitrogen and oxygen atoms in total. The maximum atomic E-state index is 14.5. The fraction of sp³-hybridized carbons (Fsp3) is 0.125. The van der Waals surface area contributed by atoms with Crippen LogP contribution in [0.15, 0.2) is 142 Å². The lowest BCUT2D eigenvalue weighted by Gasteiger charge is -2.24. The molecule has 4 aromatic carbocycles. The highest BCUT2D eigenvalue weighted by Crippen LogP contribution is 2.37. The second-order valence-electron chi connectivity index (χ2n) is 11.4. The highest BCUT2D eigenvalue weighted by Gasteiger charge is 2.33. The smallest absolute Gasteiger partial charge is 0.338 e. The molecule has 0 amide bonds. The van der Waals surface area contributed by atoms with E-state index in [1.165, 1.54) is 16.9 Å². The predicted molar refractivity (Wildman–Crippen MR) is 188 cm³/mol. The number of benzene rings is 4. The second-order valence-corrected chi connectivity index (χ2v) is 12.5. The summed E-state index contributed by atoms with van der Waals surface area (Å²) in [6.07, 6.45) is 1.97. The average molecular weight is 636 g/mol. The molecule has 6 aromatic rings. The minimum atomic E-state index is -0.653. The van der Waals surface area contributed by atoms with E-state index in [-0.39, 0.29) is 12.2 Å². The summed E-state index contributed by atoms with van der Waals surface area (Å²) in [5.74, 6) is -0.467. The Morgan fingerprint density at radius 1 is 0.851 bits per heavy atom. The van der Waals surface area contributed by atoms with E-state index in [2.05, 4.69) is 66.1 Å². The molecule has 0 aliphatic carbocycles. The number of hydrogen-bond acceptors (Lipinski definition) is 5. The zero-order valence-electron chi connectivity index (χ0n) is 26.4. The number of carbonyl (C=O) groups excluding carboxylic acids is 1. The number of hydrogen-bond donors (Lipinski definition) is 0. The molecule has 0 unspecified atom stereocenters. The largest absolute Gasteiger partial charge is 0.463 e. The van der Waals surface area contributed by atoms with Crippen LogP contribution in [0.3, 0.4) is 0 Å². The van der Waals surface area contributed by atoms with E-state index in [0.717, 1.165) is 39.3 Å². The van der Waals surface area contributed by atoms with Gasteiger partial charge in [-0.25, -0.2) is 9.79 Å². The van der Waals surface area contributed by atoms with Gasteiger partial charge in [0.2, 0.25) is 0 Å². The third-order valence-corrected chi connectivity index (χ3v) is 9.34. The normalized spacial score (nSPS) is 14.5. The summed E-state index contributed by atoms with van der Waals surface area (Å²) in [5.41, 5.74) is 8.70. The molecule has 47 heavy (non-hydrogen) atoms. The summed E-state index contributed by atoms with van der Waals surface area (Å²) in [4.78, 5) is 33.0. The topological polar surface area (TPSA) is 65.6 Å². The lowest BCUT2D eigenvalue weighted by atomic mass is 9.96. The molecule has 0 saturated heterocycles. The molecule has 1 atom stereocenters. The summed E-state index contributed by atoms with van der Waals surface area (Å²) in [6.45, 7) is 5.89. The molecule has 7 heteroatoms. The van der Waals surface area contributed by atoms with Crippen LogP contribution in [0.1, 0.15) is 36.6 Å². The van der Waals surface area contributed by atoms with Crippen molar-refractivity contribution in [1.82, 2.24) is 9.13 Å². The molecule has 3 heterocycles. The van der Waals surface area contributed by atoms with Gasteiger partial charge in [-0.15, -0.1) is 0 Å². The lowest BCUT2D eigenvalue weighted by molar-refractivity contribution is -0.139. The molecular formula is C40H33N3O3S. The molecule has 0 radical (unpaired) electrons. The Kier molecular flexibility index (Phi) is 8.14. The third-order valence-electron chi connectivity index (χ3n) is 8.36. The highest BCUT2D eigenvalue weighted by molar-refractivity contribution is 7.07. The van der Waals surface area contributed by atoms with E-state index in [4.69, 9.17) is 9.73 Å². The molecule has 1 aliphatic heterocycles. The van der Waals surface area contributed by atoms with E-state index < -0.39 is 12.0 Å². The summed E-state index contributed by atoms with van der Waals surface area (Å²) >= 11 is 1.33. The first-order valence-corrected chi connectivity index (χ1v) is 16.4. The summed E-state index contributed by atoms with van der Waals surface area (Å²) in [5, 5.41) is 0. The number of ether oxygens (including phenoxy) is 1. The van der Waals surface area contributed by atoms with Crippen molar-refractivity contribution >= 4 is 23.4 Å². The number of fused-ring (bicyclic) bond motifs is 1. The van der Waals surface area contributed by atoms with Gasteiger partial charge in [0.15, 0.2) is 4.80 Å². The van der Waals surface area contributed by atoms with Crippen LogP contribution in [0.25, 0.3) is 34.3 Å². The van der Waals surface area contributed by atoms with Gasteiger partial charge < -0.3 is 9.30 Å². The molecule has 0 fully saturated rings. The van der Waals surface area contributed by atoms with Crippen molar-refractivity contribution in [2.24, 2.45) is 4.99 Å². The monoisotopic (exact) mass is 635 g/mol. The summed E-state index contributed by atoms with van der Waals surface area (Å²) < 4.78 is 9.89. The van der Waals surface area contributed by atoms with Gasteiger partial charge in [0.05, 0.1) is 39.8 Å². The summed E-state index contributed by atoms with van der Waals surface area (Å²) in [7, 11) is 0. The number of aromatic nitrogens is 2. The highest BCUT2D eigenvalue weighted by atomic mass is 32.1. The van der Waals surface area contributed by atoms with Gasteiger partial charge in [0.25, 0.3) is 5.56 Å². The van der Waals surface area contributed by atoms with Crippen molar-refractivity contribution in [2.75, 3.05) is 6.61 Å². The van der Waals surface area contributed by atoms with Crippen molar-refractivity contribution in [3.8, 4) is 28.2 Å². The Labute approximate surface area is 276 Å². The standard InChI is InChI=1S/C40H33N3O3S/c1-4-46-39(45)35-27(3)41-40-43(37(35)30-18-12-7-13-19-30)38(44)34(47-40)25-31-24-33(28-14-8-5-9-15-28)42(32-22-20-26(2)21-23-32)36(31)29-16-10-6-11-17-29/h5-25,37H,4H2,1-3H3/b34-25-/t37-/m1/s1. The van der Waals surface area contributed by atoms with Crippen LogP contribution in [0, 0.1) is 6.92 Å². The van der Waals surface area contributed by atoms with Gasteiger partial charge in [-0.3, -0.25) is 9.36 Å². The van der Waals surface area contributed by atoms with Crippen LogP contribution in [0.2, 0.25) is 0 Å². The number of esters is 1. The van der Waals surface area contributed by atoms with Crippen molar-refractivity contribution in [2.45, 2.75) is 26.8 Å². The number of rotatable bonds is 7. The van der Waals surface area contributed by atoms with Crippen molar-refractivity contribution in [3.05, 3.63) is 169 Å². The third kappa shape index (κ3) is 5.59. The van der Waals surface area contributed by atoms with E-state index in [1.807, 2.05) is 72.8 Å². The number of thiazole rings is 1. The molecule has 0 spiro atoms. The molecule has 0 bridgehead atoms. The Hall–Kier alpha value is -5.53. The quantitative estimate of drug-likeness (QED) is 0.174. The van der Waals surface area contributed by atoms with E-state index in [9.17, 15) is 9.59 Å². The second kappa shape index (κ2) is 12.7. The van der Waals surface area contributed by atoms with Gasteiger partial charge in [0.1, 0.15) is 0 Å². The van der Waals surface area contributed by atoms with E-state index >= 15 is 0 Å². The van der Waals surface area contributed by atoms with Gasteiger partial charge in [-0.2, -0.15) is 0 Å². The first-order chi connectivity index (χ1) is 22.9. The van der Waals surface area contributed by atoms with Crippen LogP contribution >= 0.6 is 11.3 Å². The van der Waals surface area contributed by atoms with E-state index in [0.29, 0.717) is 20.6 Å². The van der Waals surface area contributed by atoms with Gasteiger partial charge in [-0.05, 0) is 61.7 Å². The zero-order valence-corrected chi connectivity index (χ0v) is 27.2. The number of carbonyl (C=O) groups is 1. The number of aryl methyl sites for hydroxylation is 1. The Morgan fingerprint density at radius 3 is 2.11 bits per heavy atom. The minimum absolute atomic E-state index is 0.208. The SMILES string of the molecule is CCOC(=O)C1=C(C)N=c2s/c(=C\c3cc(-c4ccccc4)n(-c4ccc(C)cc4)c3-c3ccccc3)c(=O)n2[C@@H]1c1ccccc1. The molecule has 0 N–H and O–H groups in total. The van der Waals surface area contributed by atoms with Crippen LogP contribution in [0.5, 0.6) is 0 Å². The average Bonchev–Trinajstić information content (AvgIpc) is 3.62. The van der Waals surface area contributed by atoms with Gasteiger partial charge in [-0.1, -0.05) is 120 Å². The van der Waals surface area contributed by atoms with Crippen LogP contribution in [-0.2, 0) is 9.53 Å².